The fourth-order valence-electron chi connectivity index (χ4n) is 3.55. The van der Waals surface area contributed by atoms with Crippen LogP contribution < -0.4 is 20.3 Å². The molecule has 0 radical (unpaired) electrons. The monoisotopic (exact) mass is 473 g/mol. The number of benzene rings is 2. The summed E-state index contributed by atoms with van der Waals surface area (Å²) in [6.45, 7) is 0. The van der Waals surface area contributed by atoms with Crippen molar-refractivity contribution in [2.24, 2.45) is 0 Å². The van der Waals surface area contributed by atoms with Crippen molar-refractivity contribution in [3.05, 3.63) is 68.5 Å². The third kappa shape index (κ3) is 4.39. The van der Waals surface area contributed by atoms with E-state index < -0.39 is 5.92 Å². The van der Waals surface area contributed by atoms with E-state index in [1.807, 2.05) is 12.1 Å². The molecule has 0 spiro atoms. The summed E-state index contributed by atoms with van der Waals surface area (Å²) < 4.78 is 10.4. The van der Waals surface area contributed by atoms with Gasteiger partial charge in [-0.1, -0.05) is 35.5 Å². The highest BCUT2D eigenvalue weighted by Crippen LogP contribution is 2.43. The van der Waals surface area contributed by atoms with Crippen molar-refractivity contribution in [2.45, 2.75) is 23.2 Å². The molecule has 0 saturated heterocycles. The van der Waals surface area contributed by atoms with Gasteiger partial charge in [0.1, 0.15) is 5.82 Å². The van der Waals surface area contributed by atoms with Crippen LogP contribution in [0.25, 0.3) is 0 Å². The molecular formula is C22H20ClN3O5S. The Kier molecular flexibility index (Phi) is 6.29. The molecule has 32 heavy (non-hydrogen) atoms. The molecule has 2 heterocycles. The molecule has 0 saturated carbocycles. The second kappa shape index (κ2) is 9.13. The highest BCUT2D eigenvalue weighted by Gasteiger charge is 2.32. The van der Waals surface area contributed by atoms with Crippen molar-refractivity contribution in [1.29, 1.82) is 0 Å². The lowest BCUT2D eigenvalue weighted by Gasteiger charge is -2.25. The van der Waals surface area contributed by atoms with Crippen molar-refractivity contribution in [2.75, 3.05) is 19.5 Å². The molecule has 1 aromatic heterocycles. The number of H-pyrrole nitrogens is 1. The Hall–Kier alpha value is -3.17. The van der Waals surface area contributed by atoms with Crippen LogP contribution in [0, 0.1) is 0 Å². The summed E-state index contributed by atoms with van der Waals surface area (Å²) in [6.07, 6.45) is 0.0477. The van der Waals surface area contributed by atoms with E-state index in [-0.39, 0.29) is 41.0 Å². The topological polar surface area (TPSA) is 114 Å². The first-order valence-corrected chi connectivity index (χ1v) is 11.0. The van der Waals surface area contributed by atoms with E-state index in [9.17, 15) is 14.7 Å². The molecule has 0 bridgehead atoms. The van der Waals surface area contributed by atoms with Crippen LogP contribution in [0.1, 0.15) is 29.0 Å². The smallest absolute Gasteiger partial charge is 0.257 e. The third-order valence-electron chi connectivity index (χ3n) is 5.12. The number of carbonyl (C=O) groups excluding carboxylic acids is 1. The van der Waals surface area contributed by atoms with Crippen LogP contribution >= 0.6 is 23.4 Å². The second-order valence-electron chi connectivity index (χ2n) is 7.13. The molecule has 10 heteroatoms. The fraction of sp³-hybridized carbons (Fsp3) is 0.227. The van der Waals surface area contributed by atoms with Crippen LogP contribution in [-0.4, -0.2) is 35.2 Å². The number of nitrogens with one attached hydrogen (secondary N) is 2. The standard InChI is InChI=1S/C22H20ClN3O5S/c1-30-15-7-12(8-16(31-2)19(15)28)14-9-17(27)24-20-18(14)21(29)26-22(25-20)32-10-11-3-5-13(23)6-4-11/h3-8,14,28H,9-10H2,1-2H3,(H2,24,25,26,27,29)/t14-/m1/s1. The molecular weight excluding hydrogens is 454 g/mol. The Morgan fingerprint density at radius 1 is 1.16 bits per heavy atom. The zero-order valence-corrected chi connectivity index (χ0v) is 18.8. The quantitative estimate of drug-likeness (QED) is 0.367. The Morgan fingerprint density at radius 3 is 2.44 bits per heavy atom. The summed E-state index contributed by atoms with van der Waals surface area (Å²) in [7, 11) is 2.83. The van der Waals surface area contributed by atoms with Crippen molar-refractivity contribution in [3.8, 4) is 17.2 Å². The largest absolute Gasteiger partial charge is 0.502 e. The minimum atomic E-state index is -0.575. The minimum Gasteiger partial charge on any atom is -0.502 e. The Labute approximate surface area is 192 Å². The van der Waals surface area contributed by atoms with Gasteiger partial charge >= 0.3 is 0 Å². The number of methoxy groups -OCH3 is 2. The number of amides is 1. The SMILES string of the molecule is COc1cc([C@H]2CC(=O)Nc3nc(SCc4ccc(Cl)cc4)[nH]c(=O)c32)cc(OC)c1O. The first-order valence-electron chi connectivity index (χ1n) is 9.65. The van der Waals surface area contributed by atoms with Gasteiger partial charge < -0.3 is 24.9 Å². The van der Waals surface area contributed by atoms with Crippen LogP contribution in [0.3, 0.4) is 0 Å². The van der Waals surface area contributed by atoms with Crippen molar-refractivity contribution >= 4 is 35.1 Å². The number of hydrogen-bond donors (Lipinski definition) is 3. The second-order valence-corrected chi connectivity index (χ2v) is 8.53. The number of rotatable bonds is 6. The molecule has 4 rings (SSSR count). The summed E-state index contributed by atoms with van der Waals surface area (Å²) in [4.78, 5) is 32.7. The summed E-state index contributed by atoms with van der Waals surface area (Å²) in [6, 6.07) is 10.6. The molecule has 1 aliphatic rings. The molecule has 1 aliphatic heterocycles. The van der Waals surface area contributed by atoms with E-state index in [0.29, 0.717) is 27.1 Å². The lowest BCUT2D eigenvalue weighted by molar-refractivity contribution is -0.116. The maximum absolute atomic E-state index is 13.0. The Morgan fingerprint density at radius 2 is 1.81 bits per heavy atom. The van der Waals surface area contributed by atoms with E-state index in [1.165, 1.54) is 26.0 Å². The normalized spacial score (nSPS) is 15.1. The van der Waals surface area contributed by atoms with Gasteiger partial charge in [0.05, 0.1) is 19.8 Å². The zero-order valence-electron chi connectivity index (χ0n) is 17.3. The molecule has 0 fully saturated rings. The number of fused-ring (bicyclic) bond motifs is 1. The van der Waals surface area contributed by atoms with E-state index in [2.05, 4.69) is 15.3 Å². The van der Waals surface area contributed by atoms with Crippen LogP contribution in [0.5, 0.6) is 17.2 Å². The van der Waals surface area contributed by atoms with Gasteiger partial charge in [0.2, 0.25) is 11.7 Å². The number of nitrogens with zero attached hydrogens (tertiary/aromatic N) is 1. The number of anilines is 1. The van der Waals surface area contributed by atoms with Gasteiger partial charge in [-0.2, -0.15) is 0 Å². The van der Waals surface area contributed by atoms with Crippen molar-refractivity contribution in [1.82, 2.24) is 9.97 Å². The number of hydrogen-bond acceptors (Lipinski definition) is 7. The van der Waals surface area contributed by atoms with Gasteiger partial charge in [0.15, 0.2) is 16.7 Å². The van der Waals surface area contributed by atoms with E-state index in [1.54, 1.807) is 24.3 Å². The lowest BCUT2D eigenvalue weighted by atomic mass is 9.86. The molecule has 3 N–H and O–H groups in total. The van der Waals surface area contributed by atoms with Gasteiger partial charge in [-0.3, -0.25) is 9.59 Å². The maximum Gasteiger partial charge on any atom is 0.257 e. The van der Waals surface area contributed by atoms with Crippen LogP contribution in [-0.2, 0) is 10.5 Å². The number of thioether (sulfide) groups is 1. The molecule has 8 nitrogen and oxygen atoms in total. The van der Waals surface area contributed by atoms with Crippen molar-refractivity contribution < 1.29 is 19.4 Å². The van der Waals surface area contributed by atoms with Gasteiger partial charge in [-0.05, 0) is 35.4 Å². The van der Waals surface area contributed by atoms with Gasteiger partial charge in [0.25, 0.3) is 5.56 Å². The molecule has 3 aromatic rings. The van der Waals surface area contributed by atoms with Crippen LogP contribution in [0.4, 0.5) is 5.82 Å². The highest BCUT2D eigenvalue weighted by molar-refractivity contribution is 7.98. The van der Waals surface area contributed by atoms with Crippen LogP contribution in [0.2, 0.25) is 5.02 Å². The van der Waals surface area contributed by atoms with Gasteiger partial charge in [-0.25, -0.2) is 4.98 Å². The van der Waals surface area contributed by atoms with Gasteiger partial charge in [0, 0.05) is 23.1 Å². The van der Waals surface area contributed by atoms with Crippen molar-refractivity contribution in [3.63, 3.8) is 0 Å². The fourth-order valence-corrected chi connectivity index (χ4v) is 4.49. The Balaban J connectivity index is 1.69. The summed E-state index contributed by atoms with van der Waals surface area (Å²) in [5.74, 6) is 0.175. The summed E-state index contributed by atoms with van der Waals surface area (Å²) in [5.41, 5.74) is 1.62. The number of ether oxygens (including phenoxy) is 2. The number of phenols is 1. The molecule has 2 aromatic carbocycles. The third-order valence-corrected chi connectivity index (χ3v) is 6.32. The number of aromatic nitrogens is 2. The predicted octanol–water partition coefficient (Wildman–Crippen LogP) is 3.91. The minimum absolute atomic E-state index is 0.0477. The van der Waals surface area contributed by atoms with E-state index in [0.717, 1.165) is 5.56 Å². The number of carbonyl (C=O) groups is 1. The zero-order chi connectivity index (χ0) is 22.8. The molecule has 0 aliphatic carbocycles. The number of aromatic hydroxyl groups is 1. The molecule has 0 unspecified atom stereocenters. The molecule has 1 atom stereocenters. The first-order chi connectivity index (χ1) is 15.4. The average Bonchev–Trinajstić information content (AvgIpc) is 2.78. The molecule has 1 amide bonds. The summed E-state index contributed by atoms with van der Waals surface area (Å²) in [5, 5.41) is 13.9. The summed E-state index contributed by atoms with van der Waals surface area (Å²) >= 11 is 7.26. The number of aromatic amines is 1. The van der Waals surface area contributed by atoms with Crippen LogP contribution in [0.15, 0.2) is 46.3 Å². The predicted molar refractivity (Wildman–Crippen MR) is 122 cm³/mol. The van der Waals surface area contributed by atoms with E-state index >= 15 is 0 Å². The first kappa shape index (κ1) is 22.0. The number of phenolic OH excluding ortho intramolecular Hbond substituents is 1. The number of halogens is 1. The van der Waals surface area contributed by atoms with Gasteiger partial charge in [-0.15, -0.1) is 0 Å². The Bertz CT molecular complexity index is 1200. The maximum atomic E-state index is 13.0. The lowest BCUT2D eigenvalue weighted by Crippen LogP contribution is -2.31. The highest BCUT2D eigenvalue weighted by atomic mass is 35.5. The molecule has 166 valence electrons. The average molecular weight is 474 g/mol. The van der Waals surface area contributed by atoms with E-state index in [4.69, 9.17) is 21.1 Å².